The SMILES string of the molecule is CC1=NC2=C(C(=O)CC(C)(C)C2)[C@H](c2ccc3c(c2)OCO3)C1C(=O)OC(C)C. The van der Waals surface area contributed by atoms with Gasteiger partial charge in [0.1, 0.15) is 5.92 Å². The van der Waals surface area contributed by atoms with Crippen LogP contribution in [-0.4, -0.2) is 30.4 Å². The average Bonchev–Trinajstić information content (AvgIpc) is 3.06. The minimum Gasteiger partial charge on any atom is -0.462 e. The van der Waals surface area contributed by atoms with Gasteiger partial charge in [0.25, 0.3) is 0 Å². The van der Waals surface area contributed by atoms with Gasteiger partial charge in [-0.25, -0.2) is 0 Å². The molecule has 0 N–H and O–H groups in total. The van der Waals surface area contributed by atoms with Crippen LogP contribution in [-0.2, 0) is 14.3 Å². The molecule has 0 radical (unpaired) electrons. The van der Waals surface area contributed by atoms with Crippen molar-refractivity contribution in [2.45, 2.75) is 59.5 Å². The Balaban J connectivity index is 1.85. The molecule has 0 amide bonds. The molecule has 6 nitrogen and oxygen atoms in total. The van der Waals surface area contributed by atoms with Crippen LogP contribution in [0.25, 0.3) is 0 Å². The van der Waals surface area contributed by atoms with Crippen LogP contribution < -0.4 is 9.47 Å². The summed E-state index contributed by atoms with van der Waals surface area (Å²) in [5.74, 6) is -0.0786. The number of carbonyl (C=O) groups is 2. The lowest BCUT2D eigenvalue weighted by molar-refractivity contribution is -0.150. The number of esters is 1. The van der Waals surface area contributed by atoms with Gasteiger partial charge in [-0.15, -0.1) is 0 Å². The topological polar surface area (TPSA) is 74.2 Å². The first-order valence-electron chi connectivity index (χ1n) is 10.1. The average molecular weight is 397 g/mol. The summed E-state index contributed by atoms with van der Waals surface area (Å²) in [7, 11) is 0. The zero-order valence-corrected chi connectivity index (χ0v) is 17.6. The van der Waals surface area contributed by atoms with Gasteiger partial charge in [0.15, 0.2) is 17.3 Å². The van der Waals surface area contributed by atoms with Crippen molar-refractivity contribution >= 4 is 17.5 Å². The van der Waals surface area contributed by atoms with Crippen molar-refractivity contribution in [3.63, 3.8) is 0 Å². The highest BCUT2D eigenvalue weighted by molar-refractivity contribution is 6.09. The van der Waals surface area contributed by atoms with E-state index in [0.29, 0.717) is 35.6 Å². The fourth-order valence-electron chi connectivity index (χ4n) is 4.52. The number of ketones is 1. The van der Waals surface area contributed by atoms with E-state index in [9.17, 15) is 9.59 Å². The van der Waals surface area contributed by atoms with E-state index in [0.717, 1.165) is 11.3 Å². The summed E-state index contributed by atoms with van der Waals surface area (Å²) in [5, 5.41) is 0. The minimum absolute atomic E-state index is 0.0533. The maximum absolute atomic E-state index is 13.2. The van der Waals surface area contributed by atoms with Crippen LogP contribution in [0.5, 0.6) is 11.5 Å². The molecule has 0 aromatic heterocycles. The number of benzene rings is 1. The Morgan fingerprint density at radius 3 is 2.66 bits per heavy atom. The van der Waals surface area contributed by atoms with Gasteiger partial charge in [0.2, 0.25) is 6.79 Å². The van der Waals surface area contributed by atoms with Crippen molar-refractivity contribution in [3.05, 3.63) is 35.0 Å². The highest BCUT2D eigenvalue weighted by Crippen LogP contribution is 2.49. The molecule has 6 heteroatoms. The second kappa shape index (κ2) is 7.01. The van der Waals surface area contributed by atoms with Crippen molar-refractivity contribution in [2.24, 2.45) is 16.3 Å². The summed E-state index contributed by atoms with van der Waals surface area (Å²) in [6.45, 7) is 9.82. The zero-order chi connectivity index (χ0) is 20.9. The first-order valence-corrected chi connectivity index (χ1v) is 10.1. The Labute approximate surface area is 170 Å². The molecule has 0 saturated carbocycles. The van der Waals surface area contributed by atoms with E-state index in [2.05, 4.69) is 13.8 Å². The fraction of sp³-hybridized carbons (Fsp3) is 0.522. The molecule has 29 heavy (non-hydrogen) atoms. The molecule has 1 unspecified atom stereocenters. The summed E-state index contributed by atoms with van der Waals surface area (Å²) < 4.78 is 16.5. The van der Waals surface area contributed by atoms with Crippen molar-refractivity contribution in [1.82, 2.24) is 0 Å². The van der Waals surface area contributed by atoms with Crippen LogP contribution in [0.4, 0.5) is 0 Å². The third-order valence-corrected chi connectivity index (χ3v) is 5.66. The second-order valence-corrected chi connectivity index (χ2v) is 9.11. The van der Waals surface area contributed by atoms with E-state index >= 15 is 0 Å². The number of aliphatic imine (C=N–C) groups is 1. The van der Waals surface area contributed by atoms with Crippen molar-refractivity contribution < 1.29 is 23.8 Å². The minimum atomic E-state index is -0.637. The lowest BCUT2D eigenvalue weighted by Gasteiger charge is -2.39. The predicted molar refractivity (Wildman–Crippen MR) is 108 cm³/mol. The normalized spacial score (nSPS) is 25.0. The Morgan fingerprint density at radius 1 is 1.21 bits per heavy atom. The van der Waals surface area contributed by atoms with E-state index in [1.165, 1.54) is 0 Å². The molecule has 1 aliphatic carbocycles. The largest absolute Gasteiger partial charge is 0.462 e. The van der Waals surface area contributed by atoms with Gasteiger partial charge in [-0.2, -0.15) is 0 Å². The lowest BCUT2D eigenvalue weighted by atomic mass is 9.67. The molecule has 1 aromatic rings. The summed E-state index contributed by atoms with van der Waals surface area (Å²) in [6, 6.07) is 5.62. The van der Waals surface area contributed by atoms with Crippen LogP contribution in [0.15, 0.2) is 34.5 Å². The van der Waals surface area contributed by atoms with E-state index in [-0.39, 0.29) is 30.1 Å². The highest BCUT2D eigenvalue weighted by Gasteiger charge is 2.46. The molecule has 2 heterocycles. The number of fused-ring (bicyclic) bond motifs is 1. The Morgan fingerprint density at radius 2 is 1.93 bits per heavy atom. The van der Waals surface area contributed by atoms with Gasteiger partial charge in [-0.3, -0.25) is 14.6 Å². The summed E-state index contributed by atoms with van der Waals surface area (Å²) >= 11 is 0. The van der Waals surface area contributed by atoms with Crippen LogP contribution >= 0.6 is 0 Å². The van der Waals surface area contributed by atoms with Gasteiger partial charge < -0.3 is 14.2 Å². The van der Waals surface area contributed by atoms with Crippen LogP contribution in [0.2, 0.25) is 0 Å². The number of rotatable bonds is 3. The number of ether oxygens (including phenoxy) is 3. The smallest absolute Gasteiger partial charge is 0.315 e. The van der Waals surface area contributed by atoms with Crippen molar-refractivity contribution in [1.29, 1.82) is 0 Å². The summed E-state index contributed by atoms with van der Waals surface area (Å²) in [6.07, 6.45) is 0.898. The van der Waals surface area contributed by atoms with Crippen LogP contribution in [0.1, 0.15) is 58.9 Å². The fourth-order valence-corrected chi connectivity index (χ4v) is 4.52. The molecule has 0 bridgehead atoms. The molecule has 0 spiro atoms. The third kappa shape index (κ3) is 3.56. The Hall–Kier alpha value is -2.63. The van der Waals surface area contributed by atoms with E-state index in [1.54, 1.807) is 0 Å². The number of carbonyl (C=O) groups excluding carboxylic acids is 2. The Bertz CT molecular complexity index is 941. The Kier molecular flexibility index (Phi) is 4.75. The van der Waals surface area contributed by atoms with Crippen LogP contribution in [0, 0.1) is 11.3 Å². The summed E-state index contributed by atoms with van der Waals surface area (Å²) in [4.78, 5) is 31.0. The van der Waals surface area contributed by atoms with Crippen LogP contribution in [0.3, 0.4) is 0 Å². The van der Waals surface area contributed by atoms with Gasteiger partial charge in [-0.1, -0.05) is 19.9 Å². The highest BCUT2D eigenvalue weighted by atomic mass is 16.7. The van der Waals surface area contributed by atoms with Crippen molar-refractivity contribution in [3.8, 4) is 11.5 Å². The monoisotopic (exact) mass is 397 g/mol. The zero-order valence-electron chi connectivity index (χ0n) is 17.6. The molecule has 1 aromatic carbocycles. The molecule has 2 aliphatic heterocycles. The molecule has 0 saturated heterocycles. The number of Topliss-reactive ketones (excluding diaryl/α,β-unsaturated/α-hetero) is 1. The first kappa shape index (κ1) is 19.7. The second-order valence-electron chi connectivity index (χ2n) is 9.11. The number of allylic oxidation sites excluding steroid dienone is 2. The standard InChI is InChI=1S/C23H27NO5/c1-12(2)29-22(26)19-13(3)24-15-9-23(4,5)10-16(25)21(15)20(19)14-6-7-17-18(8-14)28-11-27-17/h6-8,12,19-20H,9-11H2,1-5H3/t19?,20-/m1/s1. The molecular formula is C23H27NO5. The molecule has 3 aliphatic rings. The molecule has 2 atom stereocenters. The molecule has 154 valence electrons. The number of nitrogens with zero attached hydrogens (tertiary/aromatic N) is 1. The van der Waals surface area contributed by atoms with Crippen molar-refractivity contribution in [2.75, 3.05) is 6.79 Å². The predicted octanol–water partition coefficient (Wildman–Crippen LogP) is 4.18. The molecule has 4 rings (SSSR count). The van der Waals surface area contributed by atoms with Gasteiger partial charge in [0.05, 0.1) is 6.10 Å². The third-order valence-electron chi connectivity index (χ3n) is 5.66. The van der Waals surface area contributed by atoms with E-state index < -0.39 is 11.8 Å². The maximum atomic E-state index is 13.2. The number of hydrogen-bond donors (Lipinski definition) is 0. The summed E-state index contributed by atoms with van der Waals surface area (Å²) in [5.41, 5.74) is 2.81. The van der Waals surface area contributed by atoms with Gasteiger partial charge >= 0.3 is 5.97 Å². The van der Waals surface area contributed by atoms with Gasteiger partial charge in [-0.05, 0) is 50.3 Å². The first-order chi connectivity index (χ1) is 13.7. The lowest BCUT2D eigenvalue weighted by Crippen LogP contribution is -2.40. The van der Waals surface area contributed by atoms with E-state index in [1.807, 2.05) is 39.0 Å². The quantitative estimate of drug-likeness (QED) is 0.715. The number of hydrogen-bond acceptors (Lipinski definition) is 6. The molecular weight excluding hydrogens is 370 g/mol. The van der Waals surface area contributed by atoms with Gasteiger partial charge in [0, 0.05) is 29.3 Å². The van der Waals surface area contributed by atoms with E-state index in [4.69, 9.17) is 19.2 Å². The maximum Gasteiger partial charge on any atom is 0.315 e. The molecule has 0 fully saturated rings.